The van der Waals surface area contributed by atoms with Crippen molar-refractivity contribution in [2.24, 2.45) is 20.5 Å². The number of thiazole rings is 2. The third-order valence-corrected chi connectivity index (χ3v) is 8.28. The van der Waals surface area contributed by atoms with Gasteiger partial charge in [0, 0.05) is 48.3 Å². The van der Waals surface area contributed by atoms with E-state index in [9.17, 15) is 0 Å². The first-order valence-electron chi connectivity index (χ1n) is 14.2. The molecule has 0 radical (unpaired) electrons. The van der Waals surface area contributed by atoms with Crippen LogP contribution >= 0.6 is 22.7 Å². The van der Waals surface area contributed by atoms with Crippen LogP contribution in [0.3, 0.4) is 0 Å². The first kappa shape index (κ1) is 36.2. The van der Waals surface area contributed by atoms with Crippen LogP contribution in [0.25, 0.3) is 0 Å². The molecule has 0 aliphatic rings. The van der Waals surface area contributed by atoms with E-state index < -0.39 is 0 Å². The van der Waals surface area contributed by atoms with Crippen LogP contribution in [0, 0.1) is 0 Å². The number of rotatable bonds is 16. The minimum atomic E-state index is 0. The van der Waals surface area contributed by atoms with Crippen molar-refractivity contribution in [2.75, 3.05) is 49.2 Å². The van der Waals surface area contributed by atoms with Gasteiger partial charge < -0.3 is 39.4 Å². The third kappa shape index (κ3) is 10.6. The van der Waals surface area contributed by atoms with Crippen molar-refractivity contribution in [2.45, 2.75) is 40.8 Å². The number of ether oxygens (including phenoxy) is 1. The van der Waals surface area contributed by atoms with Crippen LogP contribution in [0.2, 0.25) is 0 Å². The van der Waals surface area contributed by atoms with E-state index in [-0.39, 0.29) is 24.8 Å². The van der Waals surface area contributed by atoms with Crippen molar-refractivity contribution in [3.05, 3.63) is 71.7 Å². The van der Waals surface area contributed by atoms with Gasteiger partial charge >= 0.3 is 10.3 Å². The van der Waals surface area contributed by atoms with Gasteiger partial charge in [0.25, 0.3) is 0 Å². The lowest BCUT2D eigenvalue weighted by Crippen LogP contribution is -3.00. The quantitative estimate of drug-likeness (QED) is 0.104. The zero-order valence-corrected chi connectivity index (χ0v) is 28.3. The number of anilines is 2. The van der Waals surface area contributed by atoms with Gasteiger partial charge in [-0.15, -0.1) is 0 Å². The van der Waals surface area contributed by atoms with Crippen LogP contribution in [0.1, 0.15) is 27.7 Å². The summed E-state index contributed by atoms with van der Waals surface area (Å²) in [5.74, 6) is 0. The molecule has 0 N–H and O–H groups in total. The Morgan fingerprint density at radius 1 is 0.605 bits per heavy atom. The Kier molecular flexibility index (Phi) is 16.3. The van der Waals surface area contributed by atoms with Crippen LogP contribution in [0.5, 0.6) is 0 Å². The summed E-state index contributed by atoms with van der Waals surface area (Å²) in [7, 11) is 0. The third-order valence-electron chi connectivity index (χ3n) is 6.71. The van der Waals surface area contributed by atoms with Crippen LogP contribution in [-0.2, 0) is 17.8 Å². The summed E-state index contributed by atoms with van der Waals surface area (Å²) in [4.78, 5) is 4.63. The van der Waals surface area contributed by atoms with E-state index in [1.807, 2.05) is 47.4 Å². The van der Waals surface area contributed by atoms with Crippen molar-refractivity contribution >= 4 is 55.7 Å². The number of halogens is 2. The van der Waals surface area contributed by atoms with Crippen molar-refractivity contribution in [1.82, 2.24) is 0 Å². The van der Waals surface area contributed by atoms with Crippen LogP contribution < -0.4 is 43.7 Å². The Bertz CT molecular complexity index is 1290. The standard InChI is InChI=1S/C30H40N8OS2.2ClH/c1-5-35(27-13-9-25(10-14-27)31-33-29-37(7-3)19-23-40-29)17-21-39-22-18-36(6-2)28-15-11-26(12-16-28)32-34-30-38(8-4)20-24-41-30;;/h9-16,19-20,23-24H,5-8,17-18,21-22H2,1-4H3;2*1H/q+2;;/p-2. The van der Waals surface area contributed by atoms with Crippen molar-refractivity contribution in [1.29, 1.82) is 0 Å². The van der Waals surface area contributed by atoms with Crippen molar-refractivity contribution in [3.8, 4) is 0 Å². The lowest BCUT2D eigenvalue weighted by molar-refractivity contribution is -0.677. The van der Waals surface area contributed by atoms with Gasteiger partial charge in [-0.2, -0.15) is 0 Å². The maximum absolute atomic E-state index is 6.04. The number of azo groups is 2. The summed E-state index contributed by atoms with van der Waals surface area (Å²) < 4.78 is 10.2. The topological polar surface area (TPSA) is 72.9 Å². The van der Waals surface area contributed by atoms with Crippen molar-refractivity contribution < 1.29 is 38.7 Å². The average Bonchev–Trinajstić information content (AvgIpc) is 3.68. The molecule has 4 rings (SSSR count). The van der Waals surface area contributed by atoms with E-state index in [1.54, 1.807) is 22.7 Å². The number of hydrogen-bond donors (Lipinski definition) is 0. The highest BCUT2D eigenvalue weighted by molar-refractivity contribution is 7.13. The first-order chi connectivity index (χ1) is 20.1. The number of aromatic nitrogens is 2. The van der Waals surface area contributed by atoms with Crippen LogP contribution in [0.15, 0.2) is 92.1 Å². The Labute approximate surface area is 275 Å². The molecule has 43 heavy (non-hydrogen) atoms. The summed E-state index contributed by atoms with van der Waals surface area (Å²) in [5, 5.41) is 23.5. The normalized spacial score (nSPS) is 11.1. The van der Waals surface area contributed by atoms with Gasteiger partial charge in [0.05, 0.1) is 36.5 Å². The zero-order valence-electron chi connectivity index (χ0n) is 25.1. The number of hydrogen-bond acceptors (Lipinski definition) is 9. The summed E-state index contributed by atoms with van der Waals surface area (Å²) >= 11 is 3.18. The van der Waals surface area contributed by atoms with Gasteiger partial charge in [-0.1, -0.05) is 0 Å². The van der Waals surface area contributed by atoms with E-state index in [1.165, 1.54) is 0 Å². The van der Waals surface area contributed by atoms with Gasteiger partial charge in [0.15, 0.2) is 0 Å². The fourth-order valence-electron chi connectivity index (χ4n) is 4.29. The maximum atomic E-state index is 6.04. The molecule has 0 unspecified atom stereocenters. The highest BCUT2D eigenvalue weighted by atomic mass is 35.5. The van der Waals surface area contributed by atoms with Gasteiger partial charge in [-0.05, 0) is 109 Å². The summed E-state index contributed by atoms with van der Waals surface area (Å²) in [6.07, 6.45) is 4.06. The molecule has 2 aromatic carbocycles. The minimum absolute atomic E-state index is 0. The first-order valence-corrected chi connectivity index (χ1v) is 16.0. The highest BCUT2D eigenvalue weighted by Gasteiger charge is 2.12. The molecule has 0 saturated carbocycles. The van der Waals surface area contributed by atoms with E-state index in [0.717, 1.165) is 72.3 Å². The molecule has 0 bridgehead atoms. The molecule has 2 heterocycles. The fraction of sp³-hybridized carbons (Fsp3) is 0.400. The Morgan fingerprint density at radius 3 is 1.35 bits per heavy atom. The molecule has 13 heteroatoms. The molecule has 232 valence electrons. The largest absolute Gasteiger partial charge is 1.00 e. The smallest absolute Gasteiger partial charge is 0.408 e. The average molecular weight is 664 g/mol. The SMILES string of the molecule is CCN(CCOCCN(CC)c1ccc(N=Nc2scc[n+]2CC)cc1)c1ccc(N=Nc2scc[n+]2CC)cc1.[Cl-].[Cl-]. The number of nitrogens with zero attached hydrogens (tertiary/aromatic N) is 8. The molecular formula is C30H40Cl2N8OS2. The monoisotopic (exact) mass is 662 g/mol. The van der Waals surface area contributed by atoms with Gasteiger partial charge in [0.1, 0.15) is 23.8 Å². The molecule has 0 atom stereocenters. The lowest BCUT2D eigenvalue weighted by atomic mass is 10.2. The van der Waals surface area contributed by atoms with E-state index in [0.29, 0.717) is 13.2 Å². The molecule has 0 fully saturated rings. The molecule has 4 aromatic rings. The molecule has 0 aliphatic heterocycles. The summed E-state index contributed by atoms with van der Waals surface area (Å²) in [6, 6.07) is 16.5. The number of likely N-dealkylation sites (N-methyl/N-ethyl adjacent to an activating group) is 2. The summed E-state index contributed by atoms with van der Waals surface area (Å²) in [6.45, 7) is 15.1. The predicted octanol–water partition coefficient (Wildman–Crippen LogP) is 1.63. The molecule has 0 saturated heterocycles. The lowest BCUT2D eigenvalue weighted by Gasteiger charge is -2.25. The fourth-order valence-corrected chi connectivity index (χ4v) is 5.77. The maximum Gasteiger partial charge on any atom is 0.408 e. The molecule has 0 amide bonds. The van der Waals surface area contributed by atoms with Gasteiger partial charge in [-0.25, -0.2) is 9.13 Å². The molecule has 9 nitrogen and oxygen atoms in total. The molecule has 2 aromatic heterocycles. The number of benzene rings is 2. The second kappa shape index (κ2) is 19.3. The number of aryl methyl sites for hydroxylation is 2. The molecule has 0 aliphatic carbocycles. The highest BCUT2D eigenvalue weighted by Crippen LogP contribution is 2.24. The van der Waals surface area contributed by atoms with E-state index >= 15 is 0 Å². The van der Waals surface area contributed by atoms with Gasteiger partial charge in [-0.3, -0.25) is 0 Å². The summed E-state index contributed by atoms with van der Waals surface area (Å²) in [5.41, 5.74) is 4.01. The minimum Gasteiger partial charge on any atom is -1.00 e. The van der Waals surface area contributed by atoms with Crippen LogP contribution in [0.4, 0.5) is 33.0 Å². The molecular weight excluding hydrogens is 623 g/mol. The van der Waals surface area contributed by atoms with Gasteiger partial charge in [0.2, 0.25) is 0 Å². The van der Waals surface area contributed by atoms with Crippen LogP contribution in [-0.4, -0.2) is 39.4 Å². The second-order valence-corrected chi connectivity index (χ2v) is 10.9. The second-order valence-electron chi connectivity index (χ2n) is 9.15. The molecule has 0 spiro atoms. The Morgan fingerprint density at radius 2 is 1.00 bits per heavy atom. The Balaban J connectivity index is 0.00000323. The Hall–Kier alpha value is -2.96. The van der Waals surface area contributed by atoms with E-state index in [4.69, 9.17) is 4.74 Å². The zero-order chi connectivity index (χ0) is 28.9. The predicted molar refractivity (Wildman–Crippen MR) is 168 cm³/mol. The van der Waals surface area contributed by atoms with Crippen molar-refractivity contribution in [3.63, 3.8) is 0 Å². The van der Waals surface area contributed by atoms with E-state index in [2.05, 4.69) is 91.4 Å².